The number of nitrogens with one attached hydrogen (secondary N) is 1. The van der Waals surface area contributed by atoms with Crippen molar-refractivity contribution in [1.82, 2.24) is 15.2 Å². The zero-order valence-corrected chi connectivity index (χ0v) is 8.35. The predicted molar refractivity (Wildman–Crippen MR) is 52.4 cm³/mol. The molecule has 2 aliphatic heterocycles. The Balaban J connectivity index is 1.78. The maximum absolute atomic E-state index is 12.0. The molecule has 1 N–H and O–H groups in total. The van der Waals surface area contributed by atoms with Gasteiger partial charge in [-0.25, -0.2) is 4.98 Å². The molecule has 1 aromatic rings. The number of nitrogens with zero attached hydrogens (tertiary/aromatic N) is 2. The summed E-state index contributed by atoms with van der Waals surface area (Å²) in [6.07, 6.45) is 5.02. The van der Waals surface area contributed by atoms with Crippen LogP contribution in [0.5, 0.6) is 0 Å². The summed E-state index contributed by atoms with van der Waals surface area (Å²) in [6, 6.07) is 0.849. The van der Waals surface area contributed by atoms with E-state index in [-0.39, 0.29) is 5.91 Å². The van der Waals surface area contributed by atoms with Crippen LogP contribution in [0.4, 0.5) is 0 Å². The van der Waals surface area contributed by atoms with E-state index in [1.54, 1.807) is 0 Å². The van der Waals surface area contributed by atoms with Gasteiger partial charge in [-0.1, -0.05) is 0 Å². The Morgan fingerprint density at radius 2 is 2.60 bits per heavy atom. The largest absolute Gasteiger partial charge is 0.438 e. The summed E-state index contributed by atoms with van der Waals surface area (Å²) in [5.74, 6) is 0.325. The number of likely N-dealkylation sites (tertiary alicyclic amines) is 1. The molecule has 2 fully saturated rings. The van der Waals surface area contributed by atoms with Crippen LogP contribution in [-0.4, -0.2) is 41.0 Å². The molecule has 0 aliphatic carbocycles. The highest BCUT2D eigenvalue weighted by Gasteiger charge is 2.40. The Hall–Kier alpha value is -1.36. The number of carbonyl (C=O) groups is 1. The highest BCUT2D eigenvalue weighted by Crippen LogP contribution is 2.24. The summed E-state index contributed by atoms with van der Waals surface area (Å²) in [6.45, 7) is 1.74. The fourth-order valence-electron chi connectivity index (χ4n) is 2.37. The lowest BCUT2D eigenvalue weighted by molar-refractivity contribution is 0.0338. The monoisotopic (exact) mass is 207 g/mol. The second-order valence-corrected chi connectivity index (χ2v) is 4.09. The molecule has 3 rings (SSSR count). The first-order chi connectivity index (χ1) is 7.36. The van der Waals surface area contributed by atoms with Crippen LogP contribution in [0, 0.1) is 0 Å². The smallest absolute Gasteiger partial charge is 0.291 e. The summed E-state index contributed by atoms with van der Waals surface area (Å²) in [7, 11) is 0. The third-order valence-corrected chi connectivity index (χ3v) is 3.27. The number of hydrogen-bond donors (Lipinski definition) is 1. The molecule has 2 aliphatic rings. The molecule has 80 valence electrons. The normalized spacial score (nSPS) is 29.5. The van der Waals surface area contributed by atoms with Gasteiger partial charge in [0, 0.05) is 19.1 Å². The fraction of sp³-hybridized carbons (Fsp3) is 0.600. The molecule has 1 amide bonds. The van der Waals surface area contributed by atoms with E-state index < -0.39 is 0 Å². The van der Waals surface area contributed by atoms with Gasteiger partial charge in [0.05, 0.1) is 12.2 Å². The van der Waals surface area contributed by atoms with E-state index >= 15 is 0 Å². The second kappa shape index (κ2) is 3.34. The van der Waals surface area contributed by atoms with E-state index in [2.05, 4.69) is 10.3 Å². The SMILES string of the molecule is O=C(c1cnco1)N1CCCC2NCC21. The van der Waals surface area contributed by atoms with Crippen molar-refractivity contribution in [2.45, 2.75) is 24.9 Å². The first-order valence-electron chi connectivity index (χ1n) is 5.29. The topological polar surface area (TPSA) is 58.4 Å². The fourth-order valence-corrected chi connectivity index (χ4v) is 2.37. The van der Waals surface area contributed by atoms with E-state index in [1.807, 2.05) is 4.90 Å². The molecule has 5 heteroatoms. The Kier molecular flexibility index (Phi) is 1.98. The highest BCUT2D eigenvalue weighted by atomic mass is 16.3. The van der Waals surface area contributed by atoms with Gasteiger partial charge in [0.25, 0.3) is 5.91 Å². The van der Waals surface area contributed by atoms with Crippen molar-refractivity contribution in [1.29, 1.82) is 0 Å². The molecule has 2 saturated heterocycles. The molecule has 5 nitrogen and oxygen atoms in total. The molecule has 0 spiro atoms. The number of hydrogen-bond acceptors (Lipinski definition) is 4. The van der Waals surface area contributed by atoms with E-state index in [0.717, 1.165) is 19.5 Å². The van der Waals surface area contributed by atoms with Crippen molar-refractivity contribution in [3.63, 3.8) is 0 Å². The lowest BCUT2D eigenvalue weighted by Gasteiger charge is -2.48. The maximum Gasteiger partial charge on any atom is 0.291 e. The number of rotatable bonds is 1. The summed E-state index contributed by atoms with van der Waals surface area (Å²) < 4.78 is 5.03. The van der Waals surface area contributed by atoms with Crippen molar-refractivity contribution in [3.8, 4) is 0 Å². The van der Waals surface area contributed by atoms with Crippen molar-refractivity contribution in [2.75, 3.05) is 13.1 Å². The third kappa shape index (κ3) is 1.34. The van der Waals surface area contributed by atoms with E-state index in [9.17, 15) is 4.79 Å². The Labute approximate surface area is 87.5 Å². The zero-order chi connectivity index (χ0) is 10.3. The number of fused-ring (bicyclic) bond motifs is 1. The Morgan fingerprint density at radius 1 is 1.67 bits per heavy atom. The molecule has 1 aromatic heterocycles. The number of aromatic nitrogens is 1. The lowest BCUT2D eigenvalue weighted by Crippen LogP contribution is -2.68. The van der Waals surface area contributed by atoms with Crippen molar-refractivity contribution in [2.24, 2.45) is 0 Å². The van der Waals surface area contributed by atoms with Gasteiger partial charge in [0.2, 0.25) is 5.76 Å². The van der Waals surface area contributed by atoms with Gasteiger partial charge in [-0.05, 0) is 12.8 Å². The van der Waals surface area contributed by atoms with Gasteiger partial charge < -0.3 is 14.6 Å². The second-order valence-electron chi connectivity index (χ2n) is 4.09. The number of oxazole rings is 1. The molecule has 2 atom stereocenters. The van der Waals surface area contributed by atoms with Gasteiger partial charge in [-0.15, -0.1) is 0 Å². The molecule has 2 unspecified atom stereocenters. The van der Waals surface area contributed by atoms with E-state index in [4.69, 9.17) is 4.42 Å². The Bertz CT molecular complexity index is 363. The molecule has 0 radical (unpaired) electrons. The molecule has 3 heterocycles. The van der Waals surface area contributed by atoms with Crippen LogP contribution in [0.25, 0.3) is 0 Å². The Morgan fingerprint density at radius 3 is 3.27 bits per heavy atom. The zero-order valence-electron chi connectivity index (χ0n) is 8.35. The van der Waals surface area contributed by atoms with Gasteiger partial charge in [0.1, 0.15) is 0 Å². The number of piperidine rings is 1. The van der Waals surface area contributed by atoms with Crippen molar-refractivity contribution >= 4 is 5.91 Å². The summed E-state index contributed by atoms with van der Waals surface area (Å²) >= 11 is 0. The van der Waals surface area contributed by atoms with Crippen molar-refractivity contribution in [3.05, 3.63) is 18.4 Å². The van der Waals surface area contributed by atoms with Crippen LogP contribution >= 0.6 is 0 Å². The van der Waals surface area contributed by atoms with Crippen LogP contribution in [0.3, 0.4) is 0 Å². The lowest BCUT2D eigenvalue weighted by atomic mass is 9.89. The maximum atomic E-state index is 12.0. The van der Waals surface area contributed by atoms with E-state index in [0.29, 0.717) is 17.8 Å². The predicted octanol–water partition coefficient (Wildman–Crippen LogP) is 0.251. The molecule has 0 bridgehead atoms. The van der Waals surface area contributed by atoms with Crippen LogP contribution < -0.4 is 5.32 Å². The van der Waals surface area contributed by atoms with Crippen LogP contribution in [0.2, 0.25) is 0 Å². The molecular weight excluding hydrogens is 194 g/mol. The minimum atomic E-state index is -0.0244. The van der Waals surface area contributed by atoms with Gasteiger partial charge in [-0.2, -0.15) is 0 Å². The molecule has 0 saturated carbocycles. The van der Waals surface area contributed by atoms with Gasteiger partial charge >= 0.3 is 0 Å². The average Bonchev–Trinajstić information content (AvgIpc) is 2.71. The van der Waals surface area contributed by atoms with Crippen LogP contribution in [0.15, 0.2) is 17.0 Å². The van der Waals surface area contributed by atoms with Crippen molar-refractivity contribution < 1.29 is 9.21 Å². The minimum absolute atomic E-state index is 0.0244. The highest BCUT2D eigenvalue weighted by molar-refractivity contribution is 5.91. The molecular formula is C10H13N3O2. The van der Waals surface area contributed by atoms with Crippen LogP contribution in [0.1, 0.15) is 23.4 Å². The quantitative estimate of drug-likeness (QED) is 0.717. The number of carbonyl (C=O) groups excluding carboxylic acids is 1. The molecule has 15 heavy (non-hydrogen) atoms. The summed E-state index contributed by atoms with van der Waals surface area (Å²) in [5, 5.41) is 3.34. The first kappa shape index (κ1) is 8.91. The van der Waals surface area contributed by atoms with E-state index in [1.165, 1.54) is 19.0 Å². The number of amides is 1. The standard InChI is InChI=1S/C10H13N3O2/c14-10(9-5-11-6-15-9)13-3-1-2-7-8(13)4-12-7/h5-8,12H,1-4H2. The summed E-state index contributed by atoms with van der Waals surface area (Å²) in [4.78, 5) is 17.7. The first-order valence-corrected chi connectivity index (χ1v) is 5.29. The third-order valence-electron chi connectivity index (χ3n) is 3.27. The molecule has 0 aromatic carbocycles. The average molecular weight is 207 g/mol. The summed E-state index contributed by atoms with van der Waals surface area (Å²) in [5.41, 5.74) is 0. The minimum Gasteiger partial charge on any atom is -0.438 e. The van der Waals surface area contributed by atoms with Crippen LogP contribution in [-0.2, 0) is 0 Å². The van der Waals surface area contributed by atoms with Gasteiger partial charge in [0.15, 0.2) is 6.39 Å². The van der Waals surface area contributed by atoms with Gasteiger partial charge in [-0.3, -0.25) is 4.79 Å².